The Morgan fingerprint density at radius 3 is 2.46 bits per heavy atom. The predicted molar refractivity (Wildman–Crippen MR) is 134 cm³/mol. The number of hydrogen-bond donors (Lipinski definition) is 1. The molecule has 11 heteroatoms. The molecule has 3 rings (SSSR count). The molecule has 1 unspecified atom stereocenters. The van der Waals surface area contributed by atoms with Gasteiger partial charge in [0.1, 0.15) is 12.6 Å². The quantitative estimate of drug-likeness (QED) is 0.513. The van der Waals surface area contributed by atoms with Crippen molar-refractivity contribution in [2.75, 3.05) is 30.4 Å². The smallest absolute Gasteiger partial charge is 0.244 e. The second-order valence-electron chi connectivity index (χ2n) is 8.77. The van der Waals surface area contributed by atoms with Crippen molar-refractivity contribution in [3.05, 3.63) is 53.1 Å². The standard InChI is InChI=1S/C24H30ClN3O6S/c1-16(2)12-26-24(30)17(3)27(13-18-6-5-7-19(25)10-18)23(29)14-28(35(4,31)32)20-8-9-21-22(11-20)34-15-33-21/h5-11,16-17H,12-15H2,1-4H3,(H,26,30). The SMILES string of the molecule is CC(C)CNC(=O)C(C)N(Cc1cccc(Cl)c1)C(=O)CN(c1ccc2c(c1)OCO2)S(C)(=O)=O. The molecule has 2 aromatic rings. The molecule has 1 atom stereocenters. The van der Waals surface area contributed by atoms with E-state index in [9.17, 15) is 18.0 Å². The number of carbonyl (C=O) groups is 2. The van der Waals surface area contributed by atoms with Gasteiger partial charge in [0.15, 0.2) is 11.5 Å². The molecule has 0 fully saturated rings. The van der Waals surface area contributed by atoms with E-state index in [0.717, 1.165) is 10.6 Å². The summed E-state index contributed by atoms with van der Waals surface area (Å²) in [6.07, 6.45) is 1.02. The maximum atomic E-state index is 13.5. The first kappa shape index (κ1) is 26.6. The zero-order valence-electron chi connectivity index (χ0n) is 20.2. The van der Waals surface area contributed by atoms with Crippen LogP contribution in [0, 0.1) is 5.92 Å². The first-order valence-corrected chi connectivity index (χ1v) is 13.4. The fourth-order valence-electron chi connectivity index (χ4n) is 3.52. The van der Waals surface area contributed by atoms with E-state index in [4.69, 9.17) is 21.1 Å². The van der Waals surface area contributed by atoms with Gasteiger partial charge < -0.3 is 19.7 Å². The number of fused-ring (bicyclic) bond motifs is 1. The minimum absolute atomic E-state index is 0.0347. The monoisotopic (exact) mass is 523 g/mol. The van der Waals surface area contributed by atoms with Crippen LogP contribution < -0.4 is 19.1 Å². The molecule has 9 nitrogen and oxygen atoms in total. The lowest BCUT2D eigenvalue weighted by Gasteiger charge is -2.31. The van der Waals surface area contributed by atoms with Crippen molar-refractivity contribution in [1.29, 1.82) is 0 Å². The van der Waals surface area contributed by atoms with Gasteiger partial charge in [0, 0.05) is 24.2 Å². The van der Waals surface area contributed by atoms with Crippen molar-refractivity contribution < 1.29 is 27.5 Å². The van der Waals surface area contributed by atoms with Crippen molar-refractivity contribution in [1.82, 2.24) is 10.2 Å². The molecule has 2 amide bonds. The first-order chi connectivity index (χ1) is 16.5. The molecule has 0 saturated heterocycles. The highest BCUT2D eigenvalue weighted by Gasteiger charge is 2.30. The number of halogens is 1. The van der Waals surface area contributed by atoms with Crippen molar-refractivity contribution in [3.63, 3.8) is 0 Å². The van der Waals surface area contributed by atoms with Gasteiger partial charge in [0.2, 0.25) is 28.6 Å². The molecular weight excluding hydrogens is 494 g/mol. The Morgan fingerprint density at radius 1 is 1.09 bits per heavy atom. The largest absolute Gasteiger partial charge is 0.454 e. The summed E-state index contributed by atoms with van der Waals surface area (Å²) >= 11 is 6.11. The molecule has 190 valence electrons. The maximum Gasteiger partial charge on any atom is 0.244 e. The average molecular weight is 524 g/mol. The maximum absolute atomic E-state index is 13.5. The molecule has 0 aliphatic carbocycles. The molecule has 35 heavy (non-hydrogen) atoms. The molecule has 0 saturated carbocycles. The average Bonchev–Trinajstić information content (AvgIpc) is 3.26. The summed E-state index contributed by atoms with van der Waals surface area (Å²) in [5.41, 5.74) is 0.966. The van der Waals surface area contributed by atoms with Crippen molar-refractivity contribution in [2.24, 2.45) is 5.92 Å². The molecule has 0 bridgehead atoms. The molecular formula is C24H30ClN3O6S. The van der Waals surface area contributed by atoms with E-state index in [1.807, 2.05) is 13.8 Å². The molecule has 0 aromatic heterocycles. The summed E-state index contributed by atoms with van der Waals surface area (Å²) in [4.78, 5) is 27.7. The molecule has 0 radical (unpaired) electrons. The Hall–Kier alpha value is -2.98. The summed E-state index contributed by atoms with van der Waals surface area (Å²) in [5.74, 6) is 0.241. The number of nitrogens with zero attached hydrogens (tertiary/aromatic N) is 2. The Balaban J connectivity index is 1.89. The number of sulfonamides is 1. The van der Waals surface area contributed by atoms with E-state index < -0.39 is 28.5 Å². The van der Waals surface area contributed by atoms with Crippen molar-refractivity contribution in [2.45, 2.75) is 33.4 Å². The van der Waals surface area contributed by atoms with Crippen LogP contribution in [0.3, 0.4) is 0 Å². The van der Waals surface area contributed by atoms with Gasteiger partial charge in [-0.2, -0.15) is 0 Å². The minimum atomic E-state index is -3.84. The van der Waals surface area contributed by atoms with E-state index in [1.165, 1.54) is 11.0 Å². The van der Waals surface area contributed by atoms with Crippen LogP contribution in [0.15, 0.2) is 42.5 Å². The van der Waals surface area contributed by atoms with Crippen LogP contribution in [0.5, 0.6) is 11.5 Å². The highest BCUT2D eigenvalue weighted by Crippen LogP contribution is 2.36. The second kappa shape index (κ2) is 11.2. The van der Waals surface area contributed by atoms with Crippen LogP contribution in [-0.4, -0.2) is 57.3 Å². The van der Waals surface area contributed by atoms with Crippen molar-refractivity contribution >= 4 is 39.1 Å². The summed E-state index contributed by atoms with van der Waals surface area (Å²) in [5, 5.41) is 3.33. The van der Waals surface area contributed by atoms with Gasteiger partial charge in [-0.1, -0.05) is 37.6 Å². The third-order valence-corrected chi connectivity index (χ3v) is 6.79. The number of benzene rings is 2. The van der Waals surface area contributed by atoms with Gasteiger partial charge >= 0.3 is 0 Å². The number of ether oxygens (including phenoxy) is 2. The van der Waals surface area contributed by atoms with E-state index in [2.05, 4.69) is 5.32 Å². The summed E-state index contributed by atoms with van der Waals surface area (Å²) in [7, 11) is -3.84. The summed E-state index contributed by atoms with van der Waals surface area (Å²) < 4.78 is 37.0. The summed E-state index contributed by atoms with van der Waals surface area (Å²) in [6.45, 7) is 5.62. The Labute approximate surface area is 211 Å². The van der Waals surface area contributed by atoms with Crippen LogP contribution in [0.25, 0.3) is 0 Å². The minimum Gasteiger partial charge on any atom is -0.454 e. The van der Waals surface area contributed by atoms with Gasteiger partial charge in [-0.05, 0) is 42.7 Å². The zero-order chi connectivity index (χ0) is 25.8. The van der Waals surface area contributed by atoms with Gasteiger partial charge in [-0.25, -0.2) is 8.42 Å². The first-order valence-electron chi connectivity index (χ1n) is 11.1. The molecule has 1 N–H and O–H groups in total. The van der Waals surface area contributed by atoms with Crippen LogP contribution >= 0.6 is 11.6 Å². The molecule has 2 aromatic carbocycles. The second-order valence-corrected chi connectivity index (χ2v) is 11.1. The van der Waals surface area contributed by atoms with Crippen LogP contribution in [-0.2, 0) is 26.2 Å². The normalized spacial score (nSPS) is 13.4. The highest BCUT2D eigenvalue weighted by molar-refractivity contribution is 7.92. The number of carbonyl (C=O) groups excluding carboxylic acids is 2. The highest BCUT2D eigenvalue weighted by atomic mass is 35.5. The van der Waals surface area contributed by atoms with Crippen molar-refractivity contribution in [3.8, 4) is 11.5 Å². The van der Waals surface area contributed by atoms with E-state index in [-0.39, 0.29) is 30.9 Å². The van der Waals surface area contributed by atoms with Gasteiger partial charge in [-0.15, -0.1) is 0 Å². The topological polar surface area (TPSA) is 105 Å². The fraction of sp³-hybridized carbons (Fsp3) is 0.417. The third-order valence-electron chi connectivity index (χ3n) is 5.42. The predicted octanol–water partition coefficient (Wildman–Crippen LogP) is 3.02. The van der Waals surface area contributed by atoms with Crippen LogP contribution in [0.2, 0.25) is 5.02 Å². The Bertz CT molecular complexity index is 1190. The number of nitrogens with one attached hydrogen (secondary N) is 1. The van der Waals surface area contributed by atoms with Gasteiger partial charge in [-0.3, -0.25) is 13.9 Å². The molecule has 1 aliphatic rings. The van der Waals surface area contributed by atoms with Gasteiger partial charge in [0.25, 0.3) is 0 Å². The van der Waals surface area contributed by atoms with Crippen LogP contribution in [0.4, 0.5) is 5.69 Å². The molecule has 1 heterocycles. The van der Waals surface area contributed by atoms with Gasteiger partial charge in [0.05, 0.1) is 11.9 Å². The molecule has 1 aliphatic heterocycles. The molecule has 0 spiro atoms. The number of amides is 2. The number of anilines is 1. The van der Waals surface area contributed by atoms with Crippen LogP contribution in [0.1, 0.15) is 26.3 Å². The number of hydrogen-bond acceptors (Lipinski definition) is 6. The van der Waals surface area contributed by atoms with E-state index in [1.54, 1.807) is 43.3 Å². The Morgan fingerprint density at radius 2 is 1.80 bits per heavy atom. The lowest BCUT2D eigenvalue weighted by molar-refractivity contribution is -0.139. The lowest BCUT2D eigenvalue weighted by Crippen LogP contribution is -2.51. The lowest BCUT2D eigenvalue weighted by atomic mass is 10.1. The number of rotatable bonds is 10. The fourth-order valence-corrected chi connectivity index (χ4v) is 4.58. The third kappa shape index (κ3) is 7.02. The van der Waals surface area contributed by atoms with E-state index >= 15 is 0 Å². The zero-order valence-corrected chi connectivity index (χ0v) is 21.7. The van der Waals surface area contributed by atoms with E-state index in [0.29, 0.717) is 28.6 Å². The summed E-state index contributed by atoms with van der Waals surface area (Å²) in [6, 6.07) is 10.7. The Kier molecular flexibility index (Phi) is 8.50.